The molecule has 1 atom stereocenters. The second-order valence-electron chi connectivity index (χ2n) is 4.77. The van der Waals surface area contributed by atoms with Gasteiger partial charge in [-0.05, 0) is 18.1 Å². The number of aryl methyl sites for hydroxylation is 1. The van der Waals surface area contributed by atoms with Gasteiger partial charge in [0.1, 0.15) is 17.3 Å². The van der Waals surface area contributed by atoms with Crippen LogP contribution in [0, 0.1) is 11.3 Å². The van der Waals surface area contributed by atoms with Crippen molar-refractivity contribution in [2.45, 2.75) is 19.4 Å². The smallest absolute Gasteiger partial charge is 0.262 e. The third-order valence-electron chi connectivity index (χ3n) is 3.19. The van der Waals surface area contributed by atoms with Crippen molar-refractivity contribution in [2.24, 2.45) is 7.05 Å². The largest absolute Gasteiger partial charge is 0.345 e. The number of nitriles is 1. The Morgan fingerprint density at radius 2 is 2.18 bits per heavy atom. The molecule has 0 aliphatic rings. The van der Waals surface area contributed by atoms with E-state index in [1.165, 1.54) is 17.1 Å². The Hall–Kier alpha value is -2.94. The van der Waals surface area contributed by atoms with Crippen LogP contribution in [0.5, 0.6) is 0 Å². The number of benzene rings is 1. The van der Waals surface area contributed by atoms with Gasteiger partial charge in [-0.25, -0.2) is 0 Å². The number of carbonyl (C=O) groups is 1. The second kappa shape index (κ2) is 7.18. The number of aromatic nitrogens is 3. The highest BCUT2D eigenvalue weighted by molar-refractivity contribution is 6.01. The molecule has 1 heterocycles. The van der Waals surface area contributed by atoms with E-state index in [2.05, 4.69) is 15.5 Å². The maximum Gasteiger partial charge on any atom is 0.262 e. The molecule has 112 valence electrons. The molecule has 0 bridgehead atoms. The van der Waals surface area contributed by atoms with E-state index >= 15 is 0 Å². The van der Waals surface area contributed by atoms with Crippen LogP contribution in [-0.2, 0) is 11.8 Å². The minimum atomic E-state index is -0.413. The molecular weight excluding hydrogens is 278 g/mol. The van der Waals surface area contributed by atoms with E-state index in [1.54, 1.807) is 7.05 Å². The van der Waals surface area contributed by atoms with Crippen molar-refractivity contribution in [3.8, 4) is 6.07 Å². The molecule has 6 heteroatoms. The SMILES string of the molecule is CCC(NC(=O)/C(C#N)=C/c1cnn(C)n1)c1ccccc1. The first-order valence-corrected chi connectivity index (χ1v) is 6.98. The van der Waals surface area contributed by atoms with E-state index < -0.39 is 5.91 Å². The molecule has 1 aromatic carbocycles. The van der Waals surface area contributed by atoms with Gasteiger partial charge in [-0.1, -0.05) is 37.3 Å². The first-order valence-electron chi connectivity index (χ1n) is 6.98. The minimum Gasteiger partial charge on any atom is -0.345 e. The summed E-state index contributed by atoms with van der Waals surface area (Å²) in [5.74, 6) is -0.413. The summed E-state index contributed by atoms with van der Waals surface area (Å²) in [6, 6.07) is 11.4. The number of nitrogens with zero attached hydrogens (tertiary/aromatic N) is 4. The summed E-state index contributed by atoms with van der Waals surface area (Å²) in [6.45, 7) is 1.98. The van der Waals surface area contributed by atoms with Crippen molar-refractivity contribution in [1.82, 2.24) is 20.3 Å². The maximum absolute atomic E-state index is 12.3. The van der Waals surface area contributed by atoms with Crippen molar-refractivity contribution in [3.63, 3.8) is 0 Å². The Kier molecular flexibility index (Phi) is 5.04. The normalized spacial score (nSPS) is 12.5. The molecule has 0 saturated carbocycles. The van der Waals surface area contributed by atoms with Gasteiger partial charge < -0.3 is 5.32 Å². The predicted octanol–water partition coefficient (Wildman–Crippen LogP) is 1.99. The topological polar surface area (TPSA) is 83.6 Å². The fourth-order valence-corrected chi connectivity index (χ4v) is 2.07. The molecule has 1 amide bonds. The molecule has 1 N–H and O–H groups in total. The van der Waals surface area contributed by atoms with E-state index in [0.29, 0.717) is 5.69 Å². The molecule has 6 nitrogen and oxygen atoms in total. The number of carbonyl (C=O) groups excluding carboxylic acids is 1. The predicted molar refractivity (Wildman–Crippen MR) is 82.2 cm³/mol. The Balaban J connectivity index is 2.15. The van der Waals surface area contributed by atoms with Crippen LogP contribution in [0.3, 0.4) is 0 Å². The Morgan fingerprint density at radius 1 is 1.45 bits per heavy atom. The number of hydrogen-bond donors (Lipinski definition) is 1. The van der Waals surface area contributed by atoms with Gasteiger partial charge in [-0.3, -0.25) is 4.79 Å². The van der Waals surface area contributed by atoms with Crippen molar-refractivity contribution in [3.05, 3.63) is 53.4 Å². The van der Waals surface area contributed by atoms with E-state index in [9.17, 15) is 10.1 Å². The van der Waals surface area contributed by atoms with E-state index in [1.807, 2.05) is 43.3 Å². The Bertz CT molecular complexity index is 712. The van der Waals surface area contributed by atoms with Crippen LogP contribution >= 0.6 is 0 Å². The summed E-state index contributed by atoms with van der Waals surface area (Å²) >= 11 is 0. The van der Waals surface area contributed by atoms with Crippen LogP contribution in [0.1, 0.15) is 30.6 Å². The number of rotatable bonds is 5. The van der Waals surface area contributed by atoms with Crippen molar-refractivity contribution < 1.29 is 4.79 Å². The molecule has 1 aromatic heterocycles. The third-order valence-corrected chi connectivity index (χ3v) is 3.19. The molecule has 0 fully saturated rings. The highest BCUT2D eigenvalue weighted by Gasteiger charge is 2.16. The molecule has 0 saturated heterocycles. The number of amides is 1. The summed E-state index contributed by atoms with van der Waals surface area (Å²) in [5.41, 5.74) is 1.49. The lowest BCUT2D eigenvalue weighted by molar-refractivity contribution is -0.117. The molecule has 2 rings (SSSR count). The van der Waals surface area contributed by atoms with Crippen LogP contribution in [-0.4, -0.2) is 20.9 Å². The first kappa shape index (κ1) is 15.4. The summed E-state index contributed by atoms with van der Waals surface area (Å²) in [7, 11) is 1.67. The van der Waals surface area contributed by atoms with Crippen molar-refractivity contribution in [1.29, 1.82) is 5.26 Å². The molecule has 22 heavy (non-hydrogen) atoms. The zero-order valence-electron chi connectivity index (χ0n) is 12.5. The van der Waals surface area contributed by atoms with Crippen molar-refractivity contribution in [2.75, 3.05) is 0 Å². The molecule has 0 aliphatic heterocycles. The Morgan fingerprint density at radius 3 is 2.73 bits per heavy atom. The van der Waals surface area contributed by atoms with Crippen molar-refractivity contribution >= 4 is 12.0 Å². The summed E-state index contributed by atoms with van der Waals surface area (Å²) in [5, 5.41) is 20.0. The molecule has 2 aromatic rings. The van der Waals surface area contributed by atoms with E-state index in [0.717, 1.165) is 12.0 Å². The average molecular weight is 295 g/mol. The molecule has 0 aliphatic carbocycles. The van der Waals surface area contributed by atoms with Gasteiger partial charge in [-0.15, -0.1) is 0 Å². The van der Waals surface area contributed by atoms with Crippen LogP contribution in [0.25, 0.3) is 6.08 Å². The standard InChI is InChI=1S/C16H17N5O/c1-3-15(12-7-5-4-6-8-12)19-16(22)13(10-17)9-14-11-18-21(2)20-14/h4-9,11,15H,3H2,1-2H3,(H,19,22)/b13-9+. The van der Waals surface area contributed by atoms with Crippen LogP contribution in [0.15, 0.2) is 42.1 Å². The summed E-state index contributed by atoms with van der Waals surface area (Å²) < 4.78 is 0. The lowest BCUT2D eigenvalue weighted by atomic mass is 10.0. The zero-order chi connectivity index (χ0) is 15.9. The van der Waals surface area contributed by atoms with Gasteiger partial charge in [0, 0.05) is 7.05 Å². The summed E-state index contributed by atoms with van der Waals surface area (Å²) in [6.07, 6.45) is 3.67. The molecule has 0 radical (unpaired) electrons. The first-order chi connectivity index (χ1) is 10.6. The minimum absolute atomic E-state index is 0.00915. The van der Waals surface area contributed by atoms with Gasteiger partial charge >= 0.3 is 0 Å². The Labute approximate surface area is 129 Å². The monoisotopic (exact) mass is 295 g/mol. The zero-order valence-corrected chi connectivity index (χ0v) is 12.5. The van der Waals surface area contributed by atoms with Gasteiger partial charge in [0.15, 0.2) is 0 Å². The quantitative estimate of drug-likeness (QED) is 0.675. The van der Waals surface area contributed by atoms with E-state index in [4.69, 9.17) is 0 Å². The van der Waals surface area contributed by atoms with Crippen LogP contribution in [0.2, 0.25) is 0 Å². The van der Waals surface area contributed by atoms with Gasteiger partial charge in [0.05, 0.1) is 12.2 Å². The summed E-state index contributed by atoms with van der Waals surface area (Å²) in [4.78, 5) is 13.6. The lowest BCUT2D eigenvalue weighted by Crippen LogP contribution is -2.29. The molecular formula is C16H17N5O. The lowest BCUT2D eigenvalue weighted by Gasteiger charge is -2.17. The van der Waals surface area contributed by atoms with Crippen LogP contribution in [0.4, 0.5) is 0 Å². The fourth-order valence-electron chi connectivity index (χ4n) is 2.07. The van der Waals surface area contributed by atoms with Gasteiger partial charge in [0.25, 0.3) is 5.91 Å². The fraction of sp³-hybridized carbons (Fsp3) is 0.250. The highest BCUT2D eigenvalue weighted by Crippen LogP contribution is 2.16. The molecule has 0 spiro atoms. The third kappa shape index (κ3) is 3.79. The highest BCUT2D eigenvalue weighted by atomic mass is 16.1. The van der Waals surface area contributed by atoms with Gasteiger partial charge in [0.2, 0.25) is 0 Å². The van der Waals surface area contributed by atoms with E-state index in [-0.39, 0.29) is 11.6 Å². The van der Waals surface area contributed by atoms with Gasteiger partial charge in [-0.2, -0.15) is 20.3 Å². The number of nitrogens with one attached hydrogen (secondary N) is 1. The maximum atomic E-state index is 12.3. The molecule has 1 unspecified atom stereocenters. The second-order valence-corrected chi connectivity index (χ2v) is 4.77. The average Bonchev–Trinajstić information content (AvgIpc) is 2.96. The van der Waals surface area contributed by atoms with Crippen LogP contribution < -0.4 is 5.32 Å². The number of hydrogen-bond acceptors (Lipinski definition) is 4.